The number of hydrogen-bond acceptors (Lipinski definition) is 4. The number of aromatic nitrogens is 5. The van der Waals surface area contributed by atoms with Gasteiger partial charge in [-0.25, -0.2) is 5.10 Å². The number of H-pyrrole nitrogens is 2. The Morgan fingerprint density at radius 1 is 1.28 bits per heavy atom. The molecule has 0 aliphatic heterocycles. The van der Waals surface area contributed by atoms with E-state index in [1.807, 2.05) is 0 Å². The third-order valence-electron chi connectivity index (χ3n) is 2.41. The largest absolute Gasteiger partial charge is 0.288 e. The molecule has 6 nitrogen and oxygen atoms in total. The maximum Gasteiger partial charge on any atom is 0.279 e. The van der Waals surface area contributed by atoms with E-state index >= 15 is 0 Å². The Labute approximate surface area is 110 Å². The van der Waals surface area contributed by atoms with Crippen molar-refractivity contribution in [2.75, 3.05) is 0 Å². The Balaban J connectivity index is 2.31. The van der Waals surface area contributed by atoms with Crippen molar-refractivity contribution in [3.63, 3.8) is 0 Å². The number of nitrogens with one attached hydrogen (secondary N) is 2. The van der Waals surface area contributed by atoms with Gasteiger partial charge in [-0.1, -0.05) is 23.7 Å². The van der Waals surface area contributed by atoms with E-state index in [0.717, 1.165) is 0 Å². The van der Waals surface area contributed by atoms with Gasteiger partial charge in [-0.15, -0.1) is 5.10 Å². The van der Waals surface area contributed by atoms with Gasteiger partial charge in [0, 0.05) is 10.6 Å². The summed E-state index contributed by atoms with van der Waals surface area (Å²) in [7, 11) is 0. The number of hydrogen-bond donors (Lipinski definition) is 2. The van der Waals surface area contributed by atoms with Crippen LogP contribution in [0.2, 0.25) is 5.02 Å². The van der Waals surface area contributed by atoms with Crippen LogP contribution in [-0.4, -0.2) is 24.8 Å². The van der Waals surface area contributed by atoms with Crippen molar-refractivity contribution in [3.05, 3.63) is 44.4 Å². The zero-order valence-electron chi connectivity index (χ0n) is 8.85. The quantitative estimate of drug-likeness (QED) is 0.666. The minimum atomic E-state index is -0.334. The van der Waals surface area contributed by atoms with E-state index in [1.54, 1.807) is 24.3 Å². The average molecular weight is 280 g/mol. The van der Waals surface area contributed by atoms with E-state index in [4.69, 9.17) is 23.8 Å². The molecule has 0 fully saturated rings. The molecular formula is C10H6ClN5OS. The van der Waals surface area contributed by atoms with Gasteiger partial charge in [0.15, 0.2) is 5.69 Å². The van der Waals surface area contributed by atoms with Gasteiger partial charge in [-0.05, 0) is 24.4 Å². The number of aromatic amines is 2. The fraction of sp³-hybridized carbons (Fsp3) is 0. The van der Waals surface area contributed by atoms with Crippen LogP contribution >= 0.6 is 23.8 Å². The van der Waals surface area contributed by atoms with Crippen LogP contribution in [0.3, 0.4) is 0 Å². The minimum Gasteiger partial charge on any atom is -0.288 e. The summed E-state index contributed by atoms with van der Waals surface area (Å²) < 4.78 is 1.68. The van der Waals surface area contributed by atoms with Gasteiger partial charge in [-0.3, -0.25) is 9.78 Å². The fourth-order valence-corrected chi connectivity index (χ4v) is 1.87. The molecule has 0 atom stereocenters. The highest BCUT2D eigenvalue weighted by molar-refractivity contribution is 7.71. The van der Waals surface area contributed by atoms with Crippen molar-refractivity contribution >= 4 is 29.6 Å². The molecule has 2 N–H and O–H groups in total. The van der Waals surface area contributed by atoms with Crippen LogP contribution in [0.5, 0.6) is 0 Å². The van der Waals surface area contributed by atoms with Crippen molar-refractivity contribution in [3.8, 4) is 11.3 Å². The Hall–Kier alpha value is -1.99. The summed E-state index contributed by atoms with van der Waals surface area (Å²) in [6.45, 7) is 0. The maximum absolute atomic E-state index is 11.9. The first-order valence-corrected chi connectivity index (χ1v) is 5.77. The van der Waals surface area contributed by atoms with Gasteiger partial charge in [0.2, 0.25) is 4.77 Å². The molecule has 3 rings (SSSR count). The number of nitrogens with zero attached hydrogens (tertiary/aromatic N) is 3. The highest BCUT2D eigenvalue weighted by Gasteiger charge is 2.09. The molecule has 18 heavy (non-hydrogen) atoms. The van der Waals surface area contributed by atoms with Crippen LogP contribution in [0.25, 0.3) is 17.0 Å². The molecule has 0 aliphatic rings. The first-order valence-electron chi connectivity index (χ1n) is 4.99. The van der Waals surface area contributed by atoms with Crippen LogP contribution in [0, 0.1) is 4.77 Å². The molecule has 0 saturated heterocycles. The van der Waals surface area contributed by atoms with Crippen LogP contribution in [0.15, 0.2) is 29.1 Å². The SMILES string of the molecule is O=c1[nH]c2n[nH]c(=S)n2nc1-c1ccc(Cl)cc1. The molecule has 2 aromatic heterocycles. The van der Waals surface area contributed by atoms with E-state index in [1.165, 1.54) is 4.52 Å². The first kappa shape index (κ1) is 11.1. The molecule has 0 bridgehead atoms. The molecule has 0 unspecified atom stereocenters. The predicted octanol–water partition coefficient (Wildman–Crippen LogP) is 1.80. The van der Waals surface area contributed by atoms with Crippen molar-refractivity contribution in [2.45, 2.75) is 0 Å². The topological polar surface area (TPSA) is 78.8 Å². The second kappa shape index (κ2) is 4.04. The van der Waals surface area contributed by atoms with E-state index < -0.39 is 0 Å². The minimum absolute atomic E-state index is 0.261. The lowest BCUT2D eigenvalue weighted by Crippen LogP contribution is -2.15. The second-order valence-electron chi connectivity index (χ2n) is 3.57. The molecule has 3 aromatic rings. The zero-order valence-corrected chi connectivity index (χ0v) is 10.4. The Morgan fingerprint density at radius 3 is 2.72 bits per heavy atom. The van der Waals surface area contributed by atoms with Crippen molar-refractivity contribution in [1.82, 2.24) is 24.8 Å². The monoisotopic (exact) mass is 279 g/mol. The highest BCUT2D eigenvalue weighted by atomic mass is 35.5. The summed E-state index contributed by atoms with van der Waals surface area (Å²) in [4.78, 5) is 14.5. The van der Waals surface area contributed by atoms with Crippen LogP contribution < -0.4 is 5.56 Å². The van der Waals surface area contributed by atoms with Crippen LogP contribution in [0.1, 0.15) is 0 Å². The van der Waals surface area contributed by atoms with Gasteiger partial charge in [-0.2, -0.15) is 9.61 Å². The zero-order chi connectivity index (χ0) is 12.7. The molecule has 0 spiro atoms. The second-order valence-corrected chi connectivity index (χ2v) is 4.40. The van der Waals surface area contributed by atoms with Crippen LogP contribution in [0.4, 0.5) is 0 Å². The number of rotatable bonds is 1. The lowest BCUT2D eigenvalue weighted by Gasteiger charge is -2.00. The van der Waals surface area contributed by atoms with E-state index in [0.29, 0.717) is 15.4 Å². The molecule has 1 aromatic carbocycles. The van der Waals surface area contributed by atoms with Gasteiger partial charge >= 0.3 is 0 Å². The summed E-state index contributed by atoms with van der Waals surface area (Å²) in [6, 6.07) is 6.82. The normalized spacial score (nSPS) is 10.9. The number of benzene rings is 1. The standard InChI is InChI=1S/C10H6ClN5OS/c11-6-3-1-5(2-4-6)7-8(17)12-9-13-14-10(18)16(9)15-7/h1-4H,(H,14,18)(H,12,13,17). The average Bonchev–Trinajstić information content (AvgIpc) is 2.71. The van der Waals surface area contributed by atoms with Crippen LogP contribution in [-0.2, 0) is 0 Å². The summed E-state index contributed by atoms with van der Waals surface area (Å²) in [5, 5.41) is 11.1. The van der Waals surface area contributed by atoms with E-state index in [9.17, 15) is 4.79 Å². The van der Waals surface area contributed by atoms with Crippen molar-refractivity contribution in [1.29, 1.82) is 0 Å². The third kappa shape index (κ3) is 1.73. The molecule has 8 heteroatoms. The predicted molar refractivity (Wildman–Crippen MR) is 69.2 cm³/mol. The van der Waals surface area contributed by atoms with E-state index in [-0.39, 0.29) is 17.0 Å². The Morgan fingerprint density at radius 2 is 2.00 bits per heavy atom. The smallest absolute Gasteiger partial charge is 0.279 e. The summed E-state index contributed by atoms with van der Waals surface area (Å²) in [5.41, 5.74) is 0.584. The molecular weight excluding hydrogens is 274 g/mol. The highest BCUT2D eigenvalue weighted by Crippen LogP contribution is 2.16. The molecule has 90 valence electrons. The van der Waals surface area contributed by atoms with Gasteiger partial charge < -0.3 is 0 Å². The molecule has 0 aliphatic carbocycles. The molecule has 2 heterocycles. The summed E-state index contributed by atoms with van der Waals surface area (Å²) in [6.07, 6.45) is 0. The van der Waals surface area contributed by atoms with Gasteiger partial charge in [0.1, 0.15) is 0 Å². The Kier molecular flexibility index (Phi) is 2.49. The Bertz CT molecular complexity index is 832. The lowest BCUT2D eigenvalue weighted by molar-refractivity contribution is 0.879. The third-order valence-corrected chi connectivity index (χ3v) is 2.92. The first-order chi connectivity index (χ1) is 8.65. The molecule has 0 saturated carbocycles. The number of fused-ring (bicyclic) bond motifs is 1. The molecule has 0 amide bonds. The molecule has 0 radical (unpaired) electrons. The van der Waals surface area contributed by atoms with Gasteiger partial charge in [0.25, 0.3) is 11.3 Å². The fourth-order valence-electron chi connectivity index (χ4n) is 1.57. The number of halogens is 1. The van der Waals surface area contributed by atoms with E-state index in [2.05, 4.69) is 20.3 Å². The van der Waals surface area contributed by atoms with Gasteiger partial charge in [0.05, 0.1) is 0 Å². The lowest BCUT2D eigenvalue weighted by atomic mass is 10.2. The van der Waals surface area contributed by atoms with Crippen molar-refractivity contribution in [2.24, 2.45) is 0 Å². The summed E-state index contributed by atoms with van der Waals surface area (Å²) >= 11 is 10.8. The maximum atomic E-state index is 11.9. The summed E-state index contributed by atoms with van der Waals surface area (Å²) in [5.74, 6) is 0.280. The van der Waals surface area contributed by atoms with Crippen molar-refractivity contribution < 1.29 is 0 Å².